The minimum Gasteiger partial charge on any atom is -0.494 e. The summed E-state index contributed by atoms with van der Waals surface area (Å²) in [5, 5.41) is 12.1. The van der Waals surface area contributed by atoms with Gasteiger partial charge in [-0.3, -0.25) is 4.79 Å². The van der Waals surface area contributed by atoms with Gasteiger partial charge in [-0.05, 0) is 31.5 Å². The number of rotatable bonds is 8. The van der Waals surface area contributed by atoms with E-state index < -0.39 is 6.04 Å². The maximum absolute atomic E-state index is 11.9. The molecule has 0 saturated carbocycles. The van der Waals surface area contributed by atoms with Gasteiger partial charge in [0.25, 0.3) is 0 Å². The van der Waals surface area contributed by atoms with Crippen molar-refractivity contribution in [2.75, 3.05) is 11.9 Å². The van der Waals surface area contributed by atoms with Crippen molar-refractivity contribution in [2.45, 2.75) is 45.8 Å². The Kier molecular flexibility index (Phi) is 7.04. The summed E-state index contributed by atoms with van der Waals surface area (Å²) in [6, 6.07) is 4.69. The molecule has 1 atom stereocenters. The van der Waals surface area contributed by atoms with E-state index in [1.54, 1.807) is 18.2 Å². The average molecular weight is 280 g/mol. The van der Waals surface area contributed by atoms with E-state index in [1.807, 2.05) is 6.92 Å². The lowest BCUT2D eigenvalue weighted by atomic mass is 10.1. The third kappa shape index (κ3) is 4.83. The number of aliphatic hydroxyl groups excluding tert-OH is 1. The summed E-state index contributed by atoms with van der Waals surface area (Å²) in [6.07, 6.45) is 2.62. The third-order valence-corrected chi connectivity index (χ3v) is 3.00. The van der Waals surface area contributed by atoms with E-state index in [0.717, 1.165) is 12.8 Å². The van der Waals surface area contributed by atoms with Gasteiger partial charge in [0.15, 0.2) is 0 Å². The van der Waals surface area contributed by atoms with Gasteiger partial charge in [0.1, 0.15) is 5.75 Å². The van der Waals surface area contributed by atoms with Crippen LogP contribution in [0.15, 0.2) is 18.2 Å². The van der Waals surface area contributed by atoms with Crippen LogP contribution in [0.3, 0.4) is 0 Å². The molecule has 0 aromatic heterocycles. The van der Waals surface area contributed by atoms with Crippen LogP contribution >= 0.6 is 0 Å². The number of nitrogens with one attached hydrogen (secondary N) is 1. The first-order chi connectivity index (χ1) is 9.62. The zero-order chi connectivity index (χ0) is 15.0. The quantitative estimate of drug-likeness (QED) is 0.680. The molecule has 4 N–H and O–H groups in total. The second kappa shape index (κ2) is 8.55. The van der Waals surface area contributed by atoms with Crippen molar-refractivity contribution in [3.63, 3.8) is 0 Å². The molecule has 1 aromatic rings. The van der Waals surface area contributed by atoms with Crippen LogP contribution in [0.2, 0.25) is 0 Å². The summed E-state index contributed by atoms with van der Waals surface area (Å²) in [6.45, 7) is 4.33. The Morgan fingerprint density at radius 2 is 2.20 bits per heavy atom. The lowest BCUT2D eigenvalue weighted by molar-refractivity contribution is -0.117. The van der Waals surface area contributed by atoms with Crippen molar-refractivity contribution in [3.05, 3.63) is 23.8 Å². The molecule has 0 fully saturated rings. The molecule has 5 heteroatoms. The minimum absolute atomic E-state index is 0.138. The Bertz CT molecular complexity index is 435. The van der Waals surface area contributed by atoms with Gasteiger partial charge in [-0.25, -0.2) is 0 Å². The van der Waals surface area contributed by atoms with Crippen molar-refractivity contribution in [1.82, 2.24) is 0 Å². The first-order valence-electron chi connectivity index (χ1n) is 7.05. The topological polar surface area (TPSA) is 84.6 Å². The van der Waals surface area contributed by atoms with Gasteiger partial charge in [0.05, 0.1) is 19.3 Å². The van der Waals surface area contributed by atoms with Crippen LogP contribution in [0.25, 0.3) is 0 Å². The van der Waals surface area contributed by atoms with Crippen molar-refractivity contribution >= 4 is 11.6 Å². The van der Waals surface area contributed by atoms with E-state index in [2.05, 4.69) is 12.2 Å². The number of hydrogen-bond donors (Lipinski definition) is 3. The average Bonchev–Trinajstić information content (AvgIpc) is 2.46. The van der Waals surface area contributed by atoms with E-state index in [1.165, 1.54) is 0 Å². The Hall–Kier alpha value is -1.59. The SMILES string of the molecule is CCCCC(N)C(=O)Nc1ccc(OCC)c(CO)c1. The lowest BCUT2D eigenvalue weighted by Gasteiger charge is -2.14. The van der Waals surface area contributed by atoms with Crippen molar-refractivity contribution < 1.29 is 14.6 Å². The molecular formula is C15H24N2O3. The van der Waals surface area contributed by atoms with E-state index in [0.29, 0.717) is 30.0 Å². The van der Waals surface area contributed by atoms with Gasteiger partial charge in [-0.15, -0.1) is 0 Å². The monoisotopic (exact) mass is 280 g/mol. The highest BCUT2D eigenvalue weighted by molar-refractivity contribution is 5.94. The fourth-order valence-electron chi connectivity index (χ4n) is 1.87. The van der Waals surface area contributed by atoms with E-state index in [4.69, 9.17) is 10.5 Å². The predicted molar refractivity (Wildman–Crippen MR) is 79.7 cm³/mol. The molecule has 0 spiro atoms. The first-order valence-corrected chi connectivity index (χ1v) is 7.05. The maximum Gasteiger partial charge on any atom is 0.241 e. The van der Waals surface area contributed by atoms with Gasteiger partial charge in [0, 0.05) is 11.3 Å². The number of carbonyl (C=O) groups is 1. The van der Waals surface area contributed by atoms with Gasteiger partial charge >= 0.3 is 0 Å². The number of benzene rings is 1. The number of aliphatic hydroxyl groups is 1. The summed E-state index contributed by atoms with van der Waals surface area (Å²) in [5.41, 5.74) is 7.08. The molecule has 0 saturated heterocycles. The summed E-state index contributed by atoms with van der Waals surface area (Å²) < 4.78 is 5.39. The second-order valence-electron chi connectivity index (χ2n) is 4.65. The van der Waals surface area contributed by atoms with Crippen LogP contribution < -0.4 is 15.8 Å². The highest BCUT2D eigenvalue weighted by Gasteiger charge is 2.13. The number of nitrogens with two attached hydrogens (primary N) is 1. The number of anilines is 1. The van der Waals surface area contributed by atoms with Crippen molar-refractivity contribution in [3.8, 4) is 5.75 Å². The second-order valence-corrected chi connectivity index (χ2v) is 4.65. The maximum atomic E-state index is 11.9. The molecule has 0 radical (unpaired) electrons. The van der Waals surface area contributed by atoms with Gasteiger partial charge in [0.2, 0.25) is 5.91 Å². The van der Waals surface area contributed by atoms with E-state index in [9.17, 15) is 9.90 Å². The molecule has 1 aromatic carbocycles. The smallest absolute Gasteiger partial charge is 0.241 e. The van der Waals surface area contributed by atoms with E-state index in [-0.39, 0.29) is 12.5 Å². The highest BCUT2D eigenvalue weighted by atomic mass is 16.5. The third-order valence-electron chi connectivity index (χ3n) is 3.00. The lowest BCUT2D eigenvalue weighted by Crippen LogP contribution is -2.35. The number of hydrogen-bond acceptors (Lipinski definition) is 4. The summed E-state index contributed by atoms with van der Waals surface area (Å²) in [7, 11) is 0. The minimum atomic E-state index is -0.501. The Morgan fingerprint density at radius 3 is 2.80 bits per heavy atom. The van der Waals surface area contributed by atoms with Crippen LogP contribution in [-0.4, -0.2) is 23.7 Å². The number of carbonyl (C=O) groups excluding carboxylic acids is 1. The fraction of sp³-hybridized carbons (Fsp3) is 0.533. The van der Waals surface area contributed by atoms with Crippen molar-refractivity contribution in [2.24, 2.45) is 5.73 Å². The van der Waals surface area contributed by atoms with Gasteiger partial charge < -0.3 is 20.9 Å². The summed E-state index contributed by atoms with van der Waals surface area (Å²) in [5.74, 6) is 0.426. The number of amides is 1. The van der Waals surface area contributed by atoms with E-state index >= 15 is 0 Å². The molecular weight excluding hydrogens is 256 g/mol. The molecule has 112 valence electrons. The summed E-state index contributed by atoms with van der Waals surface area (Å²) >= 11 is 0. The van der Waals surface area contributed by atoms with Crippen LogP contribution in [0.1, 0.15) is 38.7 Å². The predicted octanol–water partition coefficient (Wildman–Crippen LogP) is 2.03. The summed E-state index contributed by atoms with van der Waals surface area (Å²) in [4.78, 5) is 11.9. The zero-order valence-corrected chi connectivity index (χ0v) is 12.2. The standard InChI is InChI=1S/C15H24N2O3/c1-3-5-6-13(16)15(19)17-12-7-8-14(20-4-2)11(9-12)10-18/h7-9,13,18H,3-6,10,16H2,1-2H3,(H,17,19). The molecule has 1 unspecified atom stereocenters. The normalized spacial score (nSPS) is 12.0. The van der Waals surface area contributed by atoms with Crippen LogP contribution in [0.5, 0.6) is 5.75 Å². The molecule has 5 nitrogen and oxygen atoms in total. The molecule has 0 aliphatic rings. The van der Waals surface area contributed by atoms with Gasteiger partial charge in [-0.1, -0.05) is 19.8 Å². The molecule has 0 bridgehead atoms. The Labute approximate surface area is 120 Å². The highest BCUT2D eigenvalue weighted by Crippen LogP contribution is 2.23. The number of ether oxygens (including phenoxy) is 1. The Balaban J connectivity index is 2.70. The Morgan fingerprint density at radius 1 is 1.45 bits per heavy atom. The molecule has 20 heavy (non-hydrogen) atoms. The zero-order valence-electron chi connectivity index (χ0n) is 12.2. The molecule has 0 aliphatic carbocycles. The van der Waals surface area contributed by atoms with Gasteiger partial charge in [-0.2, -0.15) is 0 Å². The first kappa shape index (κ1) is 16.5. The van der Waals surface area contributed by atoms with Crippen LogP contribution in [0.4, 0.5) is 5.69 Å². The molecule has 1 amide bonds. The fourth-order valence-corrected chi connectivity index (χ4v) is 1.87. The largest absolute Gasteiger partial charge is 0.494 e. The van der Waals surface area contributed by atoms with Crippen molar-refractivity contribution in [1.29, 1.82) is 0 Å². The molecule has 1 rings (SSSR count). The number of unbranched alkanes of at least 4 members (excludes halogenated alkanes) is 1. The van der Waals surface area contributed by atoms with Crippen LogP contribution in [-0.2, 0) is 11.4 Å². The molecule has 0 heterocycles. The van der Waals surface area contributed by atoms with Crippen LogP contribution in [0, 0.1) is 0 Å². The molecule has 0 aliphatic heterocycles.